The van der Waals surface area contributed by atoms with Crippen LogP contribution in [0.4, 0.5) is 11.4 Å². The number of rotatable bonds is 8. The van der Waals surface area contributed by atoms with Crippen molar-refractivity contribution in [3.63, 3.8) is 0 Å². The topological polar surface area (TPSA) is 84.5 Å². The van der Waals surface area contributed by atoms with Crippen LogP contribution in [0.15, 0.2) is 42.5 Å². The second-order valence-electron chi connectivity index (χ2n) is 6.87. The fraction of sp³-hybridized carbons (Fsp3) is 0.318. The average molecular weight is 380 g/mol. The first-order valence-corrected chi connectivity index (χ1v) is 9.39. The average Bonchev–Trinajstić information content (AvgIpc) is 3.14. The summed E-state index contributed by atoms with van der Waals surface area (Å²) in [7, 11) is 1.44. The molecule has 2 aromatic carbocycles. The number of aryl methyl sites for hydroxylation is 2. The van der Waals surface area contributed by atoms with Crippen LogP contribution in [0.25, 0.3) is 0 Å². The molecule has 0 atom stereocenters. The minimum atomic E-state index is -0.272. The summed E-state index contributed by atoms with van der Waals surface area (Å²) < 4.78 is 4.77. The number of nitrogens with one attached hydrogen (secondary N) is 2. The number of amides is 2. The second-order valence-corrected chi connectivity index (χ2v) is 6.87. The first-order chi connectivity index (χ1) is 13.5. The van der Waals surface area contributed by atoms with Gasteiger partial charge in [-0.05, 0) is 54.7 Å². The molecule has 1 aliphatic rings. The summed E-state index contributed by atoms with van der Waals surface area (Å²) in [5.74, 6) is -0.536. The fourth-order valence-corrected chi connectivity index (χ4v) is 3.34. The lowest BCUT2D eigenvalue weighted by Crippen LogP contribution is -2.17. The number of ether oxygens (including phenoxy) is 1. The van der Waals surface area contributed by atoms with Crippen molar-refractivity contribution < 1.29 is 19.1 Å². The van der Waals surface area contributed by atoms with Gasteiger partial charge in [0.15, 0.2) is 5.78 Å². The Bertz CT molecular complexity index is 892. The van der Waals surface area contributed by atoms with Crippen LogP contribution in [0.5, 0.6) is 0 Å². The lowest BCUT2D eigenvalue weighted by Gasteiger charge is -2.09. The number of benzene rings is 2. The highest BCUT2D eigenvalue weighted by atomic mass is 16.5. The maximum Gasteiger partial charge on any atom is 0.250 e. The van der Waals surface area contributed by atoms with Crippen LogP contribution in [0.2, 0.25) is 0 Å². The molecule has 1 aliphatic carbocycles. The van der Waals surface area contributed by atoms with Gasteiger partial charge in [-0.2, -0.15) is 0 Å². The second kappa shape index (κ2) is 9.28. The predicted molar refractivity (Wildman–Crippen MR) is 108 cm³/mol. The zero-order valence-corrected chi connectivity index (χ0v) is 15.9. The van der Waals surface area contributed by atoms with Crippen molar-refractivity contribution in [1.82, 2.24) is 0 Å². The Morgan fingerprint density at radius 1 is 0.893 bits per heavy atom. The SMILES string of the molecule is COCC(=O)Nc1cccc(NC(=O)CCC(=O)c2ccc3c(c2)CCC3)c1. The van der Waals surface area contributed by atoms with Crippen LogP contribution >= 0.6 is 0 Å². The Kier molecular flexibility index (Phi) is 6.55. The predicted octanol–water partition coefficient (Wildman–Crippen LogP) is 3.36. The number of carbonyl (C=O) groups excluding carboxylic acids is 3. The molecule has 146 valence electrons. The third-order valence-electron chi connectivity index (χ3n) is 4.71. The van der Waals surface area contributed by atoms with E-state index >= 15 is 0 Å². The number of hydrogen-bond donors (Lipinski definition) is 2. The number of ketones is 1. The molecule has 0 fully saturated rings. The number of fused-ring (bicyclic) bond motifs is 1. The molecule has 0 saturated carbocycles. The Hall–Kier alpha value is -2.99. The van der Waals surface area contributed by atoms with Gasteiger partial charge in [0.25, 0.3) is 0 Å². The molecule has 2 amide bonds. The molecular formula is C22H24N2O4. The van der Waals surface area contributed by atoms with Crippen LogP contribution in [0, 0.1) is 0 Å². The van der Waals surface area contributed by atoms with E-state index in [1.165, 1.54) is 18.2 Å². The molecule has 2 aromatic rings. The zero-order valence-electron chi connectivity index (χ0n) is 15.9. The largest absolute Gasteiger partial charge is 0.375 e. The summed E-state index contributed by atoms with van der Waals surface area (Å²) in [4.78, 5) is 36.2. The first-order valence-electron chi connectivity index (χ1n) is 9.39. The molecule has 0 aliphatic heterocycles. The number of anilines is 2. The normalized spacial score (nSPS) is 12.3. The van der Waals surface area contributed by atoms with Gasteiger partial charge in [-0.1, -0.05) is 18.2 Å². The van der Waals surface area contributed by atoms with Gasteiger partial charge < -0.3 is 15.4 Å². The molecule has 0 radical (unpaired) electrons. The molecular weight excluding hydrogens is 356 g/mol. The van der Waals surface area contributed by atoms with Gasteiger partial charge in [-0.15, -0.1) is 0 Å². The highest BCUT2D eigenvalue weighted by molar-refractivity contribution is 6.00. The van der Waals surface area contributed by atoms with Gasteiger partial charge in [0, 0.05) is 36.9 Å². The minimum absolute atomic E-state index is 0.0228. The molecule has 0 saturated heterocycles. The third kappa shape index (κ3) is 5.27. The van der Waals surface area contributed by atoms with E-state index in [1.54, 1.807) is 24.3 Å². The molecule has 0 bridgehead atoms. The van der Waals surface area contributed by atoms with E-state index in [1.807, 2.05) is 18.2 Å². The Labute approximate surface area is 164 Å². The van der Waals surface area contributed by atoms with Gasteiger partial charge in [-0.3, -0.25) is 14.4 Å². The number of carbonyl (C=O) groups is 3. The van der Waals surface area contributed by atoms with Gasteiger partial charge in [-0.25, -0.2) is 0 Å². The van der Waals surface area contributed by atoms with Gasteiger partial charge in [0.2, 0.25) is 11.8 Å². The summed E-state index contributed by atoms with van der Waals surface area (Å²) in [5, 5.41) is 5.44. The van der Waals surface area contributed by atoms with Crippen molar-refractivity contribution >= 4 is 29.0 Å². The van der Waals surface area contributed by atoms with Crippen molar-refractivity contribution in [2.75, 3.05) is 24.4 Å². The number of Topliss-reactive ketones (excluding diaryl/α,β-unsaturated/α-hetero) is 1. The molecule has 6 nitrogen and oxygen atoms in total. The minimum Gasteiger partial charge on any atom is -0.375 e. The molecule has 2 N–H and O–H groups in total. The first kappa shape index (κ1) is 19.8. The van der Waals surface area contributed by atoms with Gasteiger partial charge >= 0.3 is 0 Å². The third-order valence-corrected chi connectivity index (χ3v) is 4.71. The molecule has 6 heteroatoms. The van der Waals surface area contributed by atoms with E-state index in [-0.39, 0.29) is 37.0 Å². The van der Waals surface area contributed by atoms with Crippen molar-refractivity contribution in [3.05, 3.63) is 59.2 Å². The van der Waals surface area contributed by atoms with E-state index < -0.39 is 0 Å². The Morgan fingerprint density at radius 3 is 2.36 bits per heavy atom. The molecule has 3 rings (SSSR count). The lowest BCUT2D eigenvalue weighted by atomic mass is 10.0. The molecule has 0 heterocycles. The summed E-state index contributed by atoms with van der Waals surface area (Å²) in [6, 6.07) is 12.7. The molecule has 0 aromatic heterocycles. The van der Waals surface area contributed by atoms with Crippen molar-refractivity contribution in [2.24, 2.45) is 0 Å². The van der Waals surface area contributed by atoms with E-state index in [4.69, 9.17) is 4.74 Å². The molecule has 0 unspecified atom stereocenters. The number of methoxy groups -OCH3 is 1. The maximum absolute atomic E-state index is 12.4. The van der Waals surface area contributed by atoms with Gasteiger partial charge in [0.1, 0.15) is 6.61 Å². The quantitative estimate of drug-likeness (QED) is 0.688. The fourth-order valence-electron chi connectivity index (χ4n) is 3.34. The highest BCUT2D eigenvalue weighted by Gasteiger charge is 2.15. The summed E-state index contributed by atoms with van der Waals surface area (Å²) in [6.07, 6.45) is 3.51. The van der Waals surface area contributed by atoms with Crippen LogP contribution in [-0.2, 0) is 27.2 Å². The molecule has 28 heavy (non-hydrogen) atoms. The van der Waals surface area contributed by atoms with E-state index in [0.717, 1.165) is 19.3 Å². The highest BCUT2D eigenvalue weighted by Crippen LogP contribution is 2.23. The Morgan fingerprint density at radius 2 is 1.61 bits per heavy atom. The summed E-state index contributed by atoms with van der Waals surface area (Å²) >= 11 is 0. The summed E-state index contributed by atoms with van der Waals surface area (Å²) in [6.45, 7) is -0.0403. The van der Waals surface area contributed by atoms with E-state index in [0.29, 0.717) is 16.9 Å². The Balaban J connectivity index is 1.51. The van der Waals surface area contributed by atoms with Crippen molar-refractivity contribution in [3.8, 4) is 0 Å². The van der Waals surface area contributed by atoms with E-state index in [9.17, 15) is 14.4 Å². The maximum atomic E-state index is 12.4. The summed E-state index contributed by atoms with van der Waals surface area (Å²) in [5.41, 5.74) is 4.38. The zero-order chi connectivity index (χ0) is 19.9. The van der Waals surface area contributed by atoms with E-state index in [2.05, 4.69) is 10.6 Å². The van der Waals surface area contributed by atoms with Crippen molar-refractivity contribution in [2.45, 2.75) is 32.1 Å². The van der Waals surface area contributed by atoms with Crippen LogP contribution in [-0.4, -0.2) is 31.3 Å². The van der Waals surface area contributed by atoms with Crippen LogP contribution < -0.4 is 10.6 Å². The monoisotopic (exact) mass is 380 g/mol. The molecule has 0 spiro atoms. The smallest absolute Gasteiger partial charge is 0.250 e. The number of hydrogen-bond acceptors (Lipinski definition) is 4. The van der Waals surface area contributed by atoms with Gasteiger partial charge in [0.05, 0.1) is 0 Å². The van der Waals surface area contributed by atoms with Crippen LogP contribution in [0.1, 0.15) is 40.7 Å². The van der Waals surface area contributed by atoms with Crippen molar-refractivity contribution in [1.29, 1.82) is 0 Å². The lowest BCUT2D eigenvalue weighted by molar-refractivity contribution is -0.119. The van der Waals surface area contributed by atoms with Crippen LogP contribution in [0.3, 0.4) is 0 Å². The standard InChI is InChI=1S/C22H24N2O4/c1-28-14-22(27)24-19-7-3-6-18(13-19)23-21(26)11-10-20(25)17-9-8-15-4-2-5-16(15)12-17/h3,6-9,12-13H,2,4-5,10-11,14H2,1H3,(H,23,26)(H,24,27).